The minimum Gasteiger partial charge on any atom is -0.478 e. The number of nitrogens with zero attached hydrogens (tertiary/aromatic N) is 2. The number of carboxylic acid groups (broad SMARTS) is 1. The van der Waals surface area contributed by atoms with Gasteiger partial charge in [0.05, 0.1) is 23.0 Å². The first-order valence-electron chi connectivity index (χ1n) is 8.90. The van der Waals surface area contributed by atoms with Crippen molar-refractivity contribution in [1.82, 2.24) is 0 Å². The average Bonchev–Trinajstić information content (AvgIpc) is 2.61. The molecule has 0 spiro atoms. The Kier molecular flexibility index (Phi) is 4.79. The van der Waals surface area contributed by atoms with Gasteiger partial charge in [-0.15, -0.1) is 0 Å². The fourth-order valence-corrected chi connectivity index (χ4v) is 3.32. The summed E-state index contributed by atoms with van der Waals surface area (Å²) in [7, 11) is 2.12. The number of benzene rings is 2. The third-order valence-electron chi connectivity index (χ3n) is 5.13. The third kappa shape index (κ3) is 3.72. The second-order valence-corrected chi connectivity index (χ2v) is 7.52. The smallest absolute Gasteiger partial charge is 0.335 e. The summed E-state index contributed by atoms with van der Waals surface area (Å²) in [4.78, 5) is 13.2. The van der Waals surface area contributed by atoms with E-state index < -0.39 is 5.97 Å². The fraction of sp³-hybridized carbons (Fsp3) is 0.273. The fourth-order valence-electron chi connectivity index (χ4n) is 3.32. The molecule has 3 rings (SSSR count). The van der Waals surface area contributed by atoms with Crippen molar-refractivity contribution in [2.24, 2.45) is 5.10 Å². The van der Waals surface area contributed by atoms with E-state index in [1.807, 2.05) is 0 Å². The summed E-state index contributed by atoms with van der Waals surface area (Å²) in [6, 6.07) is 10.9. The highest BCUT2D eigenvalue weighted by Crippen LogP contribution is 2.38. The van der Waals surface area contributed by atoms with Crippen molar-refractivity contribution in [3.8, 4) is 0 Å². The van der Waals surface area contributed by atoms with Crippen molar-refractivity contribution in [2.45, 2.75) is 33.2 Å². The third-order valence-corrected chi connectivity index (χ3v) is 5.13. The van der Waals surface area contributed by atoms with Crippen LogP contribution in [0.1, 0.15) is 47.8 Å². The van der Waals surface area contributed by atoms with Crippen molar-refractivity contribution < 1.29 is 9.90 Å². The van der Waals surface area contributed by atoms with E-state index in [0.717, 1.165) is 16.8 Å². The second-order valence-electron chi connectivity index (χ2n) is 7.52. The molecular formula is C22H25N3O2. The van der Waals surface area contributed by atoms with Gasteiger partial charge in [-0.05, 0) is 80.8 Å². The van der Waals surface area contributed by atoms with Gasteiger partial charge in [-0.25, -0.2) is 4.79 Å². The van der Waals surface area contributed by atoms with Gasteiger partial charge < -0.3 is 10.0 Å². The highest BCUT2D eigenvalue weighted by molar-refractivity contribution is 5.90. The summed E-state index contributed by atoms with van der Waals surface area (Å²) in [5, 5.41) is 13.3. The van der Waals surface area contributed by atoms with Gasteiger partial charge >= 0.3 is 5.97 Å². The standard InChI is InChI=1S/C22H25N3O2/c1-14-10-20-19(15(2)12-22(3,4)25(20)5)11-17(14)13-23-24-18-8-6-16(7-9-18)21(26)27/h6-13,24H,1-5H3,(H,26,27)/b23-13+. The maximum absolute atomic E-state index is 10.9. The first-order valence-corrected chi connectivity index (χ1v) is 8.90. The number of hydrogen-bond donors (Lipinski definition) is 2. The lowest BCUT2D eigenvalue weighted by molar-refractivity contribution is 0.0697. The minimum absolute atomic E-state index is 0.0111. The monoisotopic (exact) mass is 363 g/mol. The number of rotatable bonds is 4. The summed E-state index contributed by atoms with van der Waals surface area (Å²) in [5.41, 5.74) is 9.84. The average molecular weight is 363 g/mol. The molecule has 0 radical (unpaired) electrons. The molecule has 5 nitrogen and oxygen atoms in total. The zero-order valence-electron chi connectivity index (χ0n) is 16.4. The van der Waals surface area contributed by atoms with Crippen molar-refractivity contribution in [2.75, 3.05) is 17.4 Å². The molecule has 2 aromatic rings. The molecule has 0 atom stereocenters. The van der Waals surface area contributed by atoms with Crippen LogP contribution in [-0.4, -0.2) is 29.9 Å². The summed E-state index contributed by atoms with van der Waals surface area (Å²) < 4.78 is 0. The van der Waals surface area contributed by atoms with Gasteiger partial charge in [0.2, 0.25) is 0 Å². The number of hydrogen-bond acceptors (Lipinski definition) is 4. The Hall–Kier alpha value is -3.08. The summed E-state index contributed by atoms with van der Waals surface area (Å²) in [5.74, 6) is -0.939. The number of aromatic carboxylic acids is 1. The molecule has 1 aliphatic heterocycles. The lowest BCUT2D eigenvalue weighted by atomic mass is 9.87. The van der Waals surface area contributed by atoms with E-state index in [2.05, 4.69) is 68.4 Å². The van der Waals surface area contributed by atoms with E-state index in [9.17, 15) is 4.79 Å². The van der Waals surface area contributed by atoms with Crippen molar-refractivity contribution in [3.05, 3.63) is 64.7 Å². The molecule has 2 aromatic carbocycles. The molecule has 0 saturated heterocycles. The van der Waals surface area contributed by atoms with Crippen LogP contribution in [0.2, 0.25) is 0 Å². The van der Waals surface area contributed by atoms with E-state index >= 15 is 0 Å². The number of nitrogens with one attached hydrogen (secondary N) is 1. The van der Waals surface area contributed by atoms with Crippen molar-refractivity contribution in [3.63, 3.8) is 0 Å². The highest BCUT2D eigenvalue weighted by Gasteiger charge is 2.28. The molecule has 0 amide bonds. The van der Waals surface area contributed by atoms with Gasteiger partial charge in [-0.2, -0.15) is 5.10 Å². The van der Waals surface area contributed by atoms with Crippen molar-refractivity contribution >= 4 is 29.1 Å². The largest absolute Gasteiger partial charge is 0.478 e. The molecule has 1 heterocycles. The molecule has 0 unspecified atom stereocenters. The lowest BCUT2D eigenvalue weighted by Crippen LogP contribution is -2.42. The predicted octanol–water partition coefficient (Wildman–Crippen LogP) is 4.77. The molecule has 0 fully saturated rings. The normalized spacial score (nSPS) is 15.4. The quantitative estimate of drug-likeness (QED) is 0.606. The molecule has 0 saturated carbocycles. The molecule has 1 aliphatic rings. The van der Waals surface area contributed by atoms with E-state index in [1.54, 1.807) is 30.5 Å². The molecule has 0 bridgehead atoms. The maximum Gasteiger partial charge on any atom is 0.335 e. The van der Waals surface area contributed by atoms with Gasteiger partial charge in [0, 0.05) is 18.3 Å². The van der Waals surface area contributed by atoms with E-state index in [4.69, 9.17) is 5.11 Å². The zero-order valence-corrected chi connectivity index (χ0v) is 16.4. The van der Waals surface area contributed by atoms with Crippen LogP contribution in [0.4, 0.5) is 11.4 Å². The van der Waals surface area contributed by atoms with Crippen LogP contribution in [0.3, 0.4) is 0 Å². The number of hydrazone groups is 1. The van der Waals surface area contributed by atoms with Gasteiger partial charge in [-0.3, -0.25) is 5.43 Å². The molecule has 0 aromatic heterocycles. The SMILES string of the molecule is CC1=CC(C)(C)N(C)c2cc(C)c(/C=N/Nc3ccc(C(=O)O)cc3)cc21. The van der Waals surface area contributed by atoms with Crippen LogP contribution in [-0.2, 0) is 0 Å². The van der Waals surface area contributed by atoms with E-state index in [0.29, 0.717) is 0 Å². The Morgan fingerprint density at radius 2 is 1.85 bits per heavy atom. The highest BCUT2D eigenvalue weighted by atomic mass is 16.4. The summed E-state index contributed by atoms with van der Waals surface area (Å²) in [6.45, 7) is 8.65. The van der Waals surface area contributed by atoms with Gasteiger partial charge in [-0.1, -0.05) is 6.08 Å². The van der Waals surface area contributed by atoms with E-state index in [-0.39, 0.29) is 11.1 Å². The van der Waals surface area contributed by atoms with Crippen LogP contribution < -0.4 is 10.3 Å². The topological polar surface area (TPSA) is 64.9 Å². The van der Waals surface area contributed by atoms with Crippen LogP contribution in [0, 0.1) is 6.92 Å². The zero-order chi connectivity index (χ0) is 19.8. The second kappa shape index (κ2) is 6.91. The first kappa shape index (κ1) is 18.7. The number of aryl methyl sites for hydroxylation is 1. The first-order chi connectivity index (χ1) is 12.7. The number of allylic oxidation sites excluding steroid dienone is 1. The Balaban J connectivity index is 1.83. The molecular weight excluding hydrogens is 338 g/mol. The maximum atomic E-state index is 10.9. The Morgan fingerprint density at radius 3 is 2.48 bits per heavy atom. The molecule has 0 aliphatic carbocycles. The Bertz CT molecular complexity index is 941. The van der Waals surface area contributed by atoms with Crippen LogP contribution in [0.25, 0.3) is 5.57 Å². The predicted molar refractivity (Wildman–Crippen MR) is 112 cm³/mol. The lowest BCUT2D eigenvalue weighted by Gasteiger charge is -2.41. The number of carbonyl (C=O) groups is 1. The molecule has 27 heavy (non-hydrogen) atoms. The van der Waals surface area contributed by atoms with Crippen LogP contribution in [0.5, 0.6) is 0 Å². The summed E-state index contributed by atoms with van der Waals surface area (Å²) >= 11 is 0. The van der Waals surface area contributed by atoms with Crippen LogP contribution >= 0.6 is 0 Å². The van der Waals surface area contributed by atoms with Gasteiger partial charge in [0.15, 0.2) is 0 Å². The number of fused-ring (bicyclic) bond motifs is 1. The number of anilines is 2. The van der Waals surface area contributed by atoms with Gasteiger partial charge in [0.25, 0.3) is 0 Å². The molecule has 5 heteroatoms. The van der Waals surface area contributed by atoms with E-state index in [1.165, 1.54) is 16.8 Å². The summed E-state index contributed by atoms with van der Waals surface area (Å²) in [6.07, 6.45) is 4.08. The number of likely N-dealkylation sites (N-methyl/N-ethyl adjacent to an activating group) is 1. The van der Waals surface area contributed by atoms with Gasteiger partial charge in [0.1, 0.15) is 0 Å². The molecule has 140 valence electrons. The Morgan fingerprint density at radius 1 is 1.19 bits per heavy atom. The molecule has 2 N–H and O–H groups in total. The van der Waals surface area contributed by atoms with Crippen molar-refractivity contribution in [1.29, 1.82) is 0 Å². The minimum atomic E-state index is -0.939. The number of carboxylic acids is 1. The van der Waals surface area contributed by atoms with Crippen LogP contribution in [0.15, 0.2) is 47.6 Å². The Labute approximate surface area is 160 Å².